The van der Waals surface area contributed by atoms with Crippen LogP contribution < -0.4 is 10.1 Å². The Morgan fingerprint density at radius 2 is 1.93 bits per heavy atom. The Labute approximate surface area is 160 Å². The van der Waals surface area contributed by atoms with Crippen LogP contribution in [0.25, 0.3) is 11.3 Å². The van der Waals surface area contributed by atoms with Gasteiger partial charge in [-0.15, -0.1) is 0 Å². The number of carbonyl (C=O) groups is 2. The van der Waals surface area contributed by atoms with E-state index in [0.29, 0.717) is 51.8 Å². The van der Waals surface area contributed by atoms with Crippen LogP contribution in [0.3, 0.4) is 0 Å². The predicted octanol–water partition coefficient (Wildman–Crippen LogP) is 3.77. The van der Waals surface area contributed by atoms with Crippen LogP contribution in [0.15, 0.2) is 42.5 Å². The highest BCUT2D eigenvalue weighted by atomic mass is 35.5. The normalized spacial score (nSPS) is 11.7. The molecule has 6 nitrogen and oxygen atoms in total. The largest absolute Gasteiger partial charge is 0.495 e. The van der Waals surface area contributed by atoms with Crippen molar-refractivity contribution in [2.45, 2.75) is 6.54 Å². The average molecular weight is 380 g/mol. The minimum Gasteiger partial charge on any atom is -0.495 e. The van der Waals surface area contributed by atoms with Crippen LogP contribution in [-0.4, -0.2) is 29.1 Å². The highest BCUT2D eigenvalue weighted by molar-refractivity contribution is 6.32. The highest BCUT2D eigenvalue weighted by Gasteiger charge is 2.32. The van der Waals surface area contributed by atoms with E-state index in [1.165, 1.54) is 0 Å². The number of aromatic nitrogens is 2. The van der Waals surface area contributed by atoms with Gasteiger partial charge < -0.3 is 10.1 Å². The van der Waals surface area contributed by atoms with E-state index >= 15 is 0 Å². The van der Waals surface area contributed by atoms with E-state index in [2.05, 4.69) is 15.3 Å². The zero-order chi connectivity index (χ0) is 19.0. The number of halogens is 1. The van der Waals surface area contributed by atoms with Crippen LogP contribution in [0.5, 0.6) is 5.75 Å². The van der Waals surface area contributed by atoms with Gasteiger partial charge in [0.25, 0.3) is 0 Å². The van der Waals surface area contributed by atoms with Crippen molar-refractivity contribution < 1.29 is 14.3 Å². The van der Waals surface area contributed by atoms with Gasteiger partial charge in [-0.2, -0.15) is 0 Å². The van der Waals surface area contributed by atoms with E-state index in [-0.39, 0.29) is 11.6 Å². The summed E-state index contributed by atoms with van der Waals surface area (Å²) in [4.78, 5) is 32.5. The molecule has 0 spiro atoms. The number of carbonyl (C=O) groups excluding carboxylic acids is 2. The van der Waals surface area contributed by atoms with Gasteiger partial charge in [-0.25, -0.2) is 9.97 Å². The summed E-state index contributed by atoms with van der Waals surface area (Å²) in [6, 6.07) is 12.6. The van der Waals surface area contributed by atoms with Crippen LogP contribution in [0.4, 0.5) is 5.82 Å². The summed E-state index contributed by atoms with van der Waals surface area (Å²) < 4.78 is 5.15. The second-order valence-electron chi connectivity index (χ2n) is 5.97. The fraction of sp³-hybridized carbons (Fsp3) is 0.100. The number of ether oxygens (including phenoxy) is 1. The number of hydrogen-bond acceptors (Lipinski definition) is 6. The summed E-state index contributed by atoms with van der Waals surface area (Å²) in [6.45, 7) is 0.370. The second-order valence-corrected chi connectivity index (χ2v) is 6.38. The third-order valence-corrected chi connectivity index (χ3v) is 4.66. The maximum atomic E-state index is 12.8. The molecule has 2 aromatic carbocycles. The minimum absolute atomic E-state index is 0.0218. The van der Waals surface area contributed by atoms with Crippen molar-refractivity contribution in [3.8, 4) is 17.0 Å². The van der Waals surface area contributed by atoms with E-state index in [4.69, 9.17) is 16.3 Å². The van der Waals surface area contributed by atoms with Gasteiger partial charge in [0, 0.05) is 17.7 Å². The molecule has 0 unspecified atom stereocenters. The zero-order valence-corrected chi connectivity index (χ0v) is 15.1. The molecule has 0 atom stereocenters. The van der Waals surface area contributed by atoms with Crippen LogP contribution >= 0.6 is 11.6 Å². The molecule has 134 valence electrons. The number of aldehydes is 1. The molecule has 0 radical (unpaired) electrons. The first-order valence-electron chi connectivity index (χ1n) is 8.20. The first-order chi connectivity index (χ1) is 13.1. The van der Waals surface area contributed by atoms with Gasteiger partial charge >= 0.3 is 0 Å². The molecule has 0 aliphatic heterocycles. The van der Waals surface area contributed by atoms with Gasteiger partial charge in [0.05, 0.1) is 23.4 Å². The molecule has 0 fully saturated rings. The van der Waals surface area contributed by atoms with E-state index in [1.807, 2.05) is 18.2 Å². The van der Waals surface area contributed by atoms with Gasteiger partial charge in [0.1, 0.15) is 11.6 Å². The summed E-state index contributed by atoms with van der Waals surface area (Å²) in [5, 5.41) is 3.62. The Morgan fingerprint density at radius 3 is 2.63 bits per heavy atom. The van der Waals surface area contributed by atoms with Crippen molar-refractivity contribution >= 4 is 29.5 Å². The van der Waals surface area contributed by atoms with Crippen LogP contribution in [0.2, 0.25) is 5.02 Å². The van der Waals surface area contributed by atoms with Crippen molar-refractivity contribution in [1.29, 1.82) is 0 Å². The second kappa shape index (κ2) is 6.81. The average Bonchev–Trinajstić information content (AvgIpc) is 2.99. The van der Waals surface area contributed by atoms with Gasteiger partial charge in [-0.1, -0.05) is 41.9 Å². The van der Waals surface area contributed by atoms with E-state index < -0.39 is 0 Å². The fourth-order valence-corrected chi connectivity index (χ4v) is 3.38. The molecule has 1 aromatic heterocycles. The van der Waals surface area contributed by atoms with E-state index in [9.17, 15) is 9.59 Å². The maximum Gasteiger partial charge on any atom is 0.199 e. The lowest BCUT2D eigenvalue weighted by atomic mass is 10.1. The number of rotatable bonds is 5. The number of anilines is 1. The molecule has 27 heavy (non-hydrogen) atoms. The minimum atomic E-state index is -0.159. The van der Waals surface area contributed by atoms with Crippen molar-refractivity contribution in [2.75, 3.05) is 12.4 Å². The summed E-state index contributed by atoms with van der Waals surface area (Å²) in [5.41, 5.74) is 2.99. The molecule has 1 aliphatic rings. The quantitative estimate of drug-likeness (QED) is 0.531. The van der Waals surface area contributed by atoms with Gasteiger partial charge in [0.2, 0.25) is 0 Å². The molecule has 1 aliphatic carbocycles. The molecule has 4 rings (SSSR count). The number of nitrogens with one attached hydrogen (secondary N) is 1. The van der Waals surface area contributed by atoms with Crippen LogP contribution in [-0.2, 0) is 6.54 Å². The molecule has 0 amide bonds. The number of benzene rings is 2. The van der Waals surface area contributed by atoms with Crippen molar-refractivity contribution in [2.24, 2.45) is 0 Å². The molecule has 0 saturated heterocycles. The first-order valence-corrected chi connectivity index (χ1v) is 8.57. The van der Waals surface area contributed by atoms with Crippen molar-refractivity contribution in [3.63, 3.8) is 0 Å². The van der Waals surface area contributed by atoms with Crippen LogP contribution in [0, 0.1) is 0 Å². The van der Waals surface area contributed by atoms with Crippen molar-refractivity contribution in [1.82, 2.24) is 9.97 Å². The van der Waals surface area contributed by atoms with Crippen LogP contribution in [0.1, 0.15) is 32.1 Å². The summed E-state index contributed by atoms with van der Waals surface area (Å²) in [6.07, 6.45) is 0.571. The summed E-state index contributed by atoms with van der Waals surface area (Å²) >= 11 is 6.16. The molecular weight excluding hydrogens is 366 g/mol. The standard InChI is InChI=1S/C20H14ClN3O3/c1-27-15-7-6-11(8-14(15)21)9-22-20-17-18(23-16(10-25)24-20)12-4-2-3-5-13(12)19(17)26/h2-8,10H,9H2,1H3,(H,22,23,24). The molecule has 1 N–H and O–H groups in total. The predicted molar refractivity (Wildman–Crippen MR) is 102 cm³/mol. The van der Waals surface area contributed by atoms with Gasteiger partial charge in [0.15, 0.2) is 17.9 Å². The molecule has 3 aromatic rings. The lowest BCUT2D eigenvalue weighted by Crippen LogP contribution is -2.10. The maximum absolute atomic E-state index is 12.8. The third kappa shape index (κ3) is 2.94. The Bertz CT molecular complexity index is 1080. The number of fused-ring (bicyclic) bond motifs is 3. The highest BCUT2D eigenvalue weighted by Crippen LogP contribution is 2.38. The summed E-state index contributed by atoms with van der Waals surface area (Å²) in [5.74, 6) is 0.772. The van der Waals surface area contributed by atoms with E-state index in [1.54, 1.807) is 31.4 Å². The molecule has 1 heterocycles. The Balaban J connectivity index is 1.71. The third-order valence-electron chi connectivity index (χ3n) is 4.36. The topological polar surface area (TPSA) is 81.2 Å². The van der Waals surface area contributed by atoms with Gasteiger partial charge in [-0.05, 0) is 17.7 Å². The number of ketones is 1. The first kappa shape index (κ1) is 17.2. The lowest BCUT2D eigenvalue weighted by Gasteiger charge is -2.11. The number of nitrogens with zero attached hydrogens (tertiary/aromatic N) is 2. The Morgan fingerprint density at radius 1 is 1.15 bits per heavy atom. The van der Waals surface area contributed by atoms with E-state index in [0.717, 1.165) is 5.56 Å². The smallest absolute Gasteiger partial charge is 0.199 e. The summed E-state index contributed by atoms with van der Waals surface area (Å²) in [7, 11) is 1.55. The SMILES string of the molecule is COc1ccc(CNc2nc(C=O)nc3c2C(=O)c2ccccc2-3)cc1Cl. The van der Waals surface area contributed by atoms with Crippen molar-refractivity contribution in [3.05, 3.63) is 70.0 Å². The Kier molecular flexibility index (Phi) is 4.33. The molecule has 0 bridgehead atoms. The number of hydrogen-bond donors (Lipinski definition) is 1. The lowest BCUT2D eigenvalue weighted by molar-refractivity contribution is 0.104. The van der Waals surface area contributed by atoms with Gasteiger partial charge in [-0.3, -0.25) is 9.59 Å². The zero-order valence-electron chi connectivity index (χ0n) is 14.3. The fourth-order valence-electron chi connectivity index (χ4n) is 3.10. The molecule has 7 heteroatoms. The molecular formula is C20H14ClN3O3. The molecule has 0 saturated carbocycles. The number of methoxy groups -OCH3 is 1. The monoisotopic (exact) mass is 379 g/mol. The Hall–Kier alpha value is -3.25.